The summed E-state index contributed by atoms with van der Waals surface area (Å²) in [5.74, 6) is 0.346. The van der Waals surface area contributed by atoms with Gasteiger partial charge in [0.05, 0.1) is 0 Å². The van der Waals surface area contributed by atoms with Crippen LogP contribution in [0, 0.1) is 0 Å². The van der Waals surface area contributed by atoms with Crippen molar-refractivity contribution in [1.29, 1.82) is 0 Å². The number of phenolic OH excluding ortho intramolecular Hbond substituents is 1. The zero-order valence-electron chi connectivity index (χ0n) is 8.14. The summed E-state index contributed by atoms with van der Waals surface area (Å²) in [7, 11) is 0. The maximum Gasteiger partial charge on any atom is 0.123 e. The first-order chi connectivity index (χ1) is 7.36. The highest BCUT2D eigenvalue weighted by atomic mass is 16.3. The summed E-state index contributed by atoms with van der Waals surface area (Å²) in [4.78, 5) is 0. The molecule has 0 saturated carbocycles. The predicted molar refractivity (Wildman–Crippen MR) is 63.1 cm³/mol. The molecule has 1 heteroatoms. The number of hydrogen-bond acceptors (Lipinski definition) is 1. The van der Waals surface area contributed by atoms with E-state index in [4.69, 9.17) is 0 Å². The smallest absolute Gasteiger partial charge is 0.123 e. The van der Waals surface area contributed by atoms with Gasteiger partial charge < -0.3 is 5.11 Å². The Morgan fingerprint density at radius 2 is 1.40 bits per heavy atom. The van der Waals surface area contributed by atoms with E-state index in [-0.39, 0.29) is 0 Å². The molecule has 0 aliphatic heterocycles. The molecule has 3 aromatic rings. The van der Waals surface area contributed by atoms with E-state index in [9.17, 15) is 5.11 Å². The largest absolute Gasteiger partial charge is 0.507 e. The minimum absolute atomic E-state index is 0.346. The topological polar surface area (TPSA) is 20.2 Å². The third kappa shape index (κ3) is 1.17. The van der Waals surface area contributed by atoms with Crippen LogP contribution in [-0.2, 0) is 0 Å². The Bertz CT molecular complexity index is 641. The lowest BCUT2D eigenvalue weighted by atomic mass is 10.0. The lowest BCUT2D eigenvalue weighted by molar-refractivity contribution is 0.481. The van der Waals surface area contributed by atoms with Crippen molar-refractivity contribution in [2.75, 3.05) is 0 Å². The third-order valence-electron chi connectivity index (χ3n) is 2.76. The zero-order valence-corrected chi connectivity index (χ0v) is 8.14. The molecule has 0 unspecified atom stereocenters. The van der Waals surface area contributed by atoms with Crippen molar-refractivity contribution in [3.8, 4) is 5.75 Å². The molecular formula is C14H10O. The lowest BCUT2D eigenvalue weighted by Gasteiger charge is -2.04. The molecule has 0 amide bonds. The summed E-state index contributed by atoms with van der Waals surface area (Å²) < 4.78 is 0. The molecule has 0 fully saturated rings. The second-order valence-corrected chi connectivity index (χ2v) is 3.66. The van der Waals surface area contributed by atoms with Gasteiger partial charge in [0.25, 0.3) is 0 Å². The Labute approximate surface area is 87.6 Å². The van der Waals surface area contributed by atoms with Crippen molar-refractivity contribution in [3.05, 3.63) is 54.6 Å². The van der Waals surface area contributed by atoms with E-state index in [2.05, 4.69) is 12.1 Å². The SMILES string of the molecule is Oc1cccc2c1ccc1ccccc12. The van der Waals surface area contributed by atoms with E-state index >= 15 is 0 Å². The van der Waals surface area contributed by atoms with Gasteiger partial charge >= 0.3 is 0 Å². The summed E-state index contributed by atoms with van der Waals surface area (Å²) in [6, 6.07) is 17.8. The van der Waals surface area contributed by atoms with Gasteiger partial charge in [-0.05, 0) is 22.2 Å². The van der Waals surface area contributed by atoms with E-state index in [0.29, 0.717) is 5.75 Å². The number of aromatic hydroxyl groups is 1. The van der Waals surface area contributed by atoms with E-state index in [1.807, 2.05) is 36.4 Å². The highest BCUT2D eigenvalue weighted by Gasteiger charge is 2.02. The minimum Gasteiger partial charge on any atom is -0.507 e. The van der Waals surface area contributed by atoms with Crippen LogP contribution in [0.2, 0.25) is 0 Å². The number of benzene rings is 3. The second-order valence-electron chi connectivity index (χ2n) is 3.66. The first-order valence-corrected chi connectivity index (χ1v) is 4.96. The van der Waals surface area contributed by atoms with Crippen LogP contribution in [0.25, 0.3) is 21.5 Å². The molecule has 0 atom stereocenters. The molecule has 1 N–H and O–H groups in total. The number of hydrogen-bond donors (Lipinski definition) is 1. The van der Waals surface area contributed by atoms with Crippen LogP contribution in [0.5, 0.6) is 5.75 Å². The first-order valence-electron chi connectivity index (χ1n) is 4.96. The van der Waals surface area contributed by atoms with Gasteiger partial charge in [0.15, 0.2) is 0 Å². The maximum atomic E-state index is 9.73. The number of fused-ring (bicyclic) bond motifs is 3. The summed E-state index contributed by atoms with van der Waals surface area (Å²) in [6.07, 6.45) is 0. The molecule has 3 rings (SSSR count). The zero-order chi connectivity index (χ0) is 10.3. The average Bonchev–Trinajstić information content (AvgIpc) is 2.29. The Hall–Kier alpha value is -2.02. The lowest BCUT2D eigenvalue weighted by Crippen LogP contribution is -1.77. The number of rotatable bonds is 0. The predicted octanol–water partition coefficient (Wildman–Crippen LogP) is 3.70. The summed E-state index contributed by atoms with van der Waals surface area (Å²) in [5, 5.41) is 14.1. The van der Waals surface area contributed by atoms with Crippen molar-refractivity contribution in [3.63, 3.8) is 0 Å². The molecule has 15 heavy (non-hydrogen) atoms. The molecule has 0 aliphatic rings. The number of phenols is 1. The molecule has 0 aromatic heterocycles. The van der Waals surface area contributed by atoms with Gasteiger partial charge in [-0.1, -0.05) is 48.5 Å². The molecule has 72 valence electrons. The third-order valence-corrected chi connectivity index (χ3v) is 2.76. The van der Waals surface area contributed by atoms with Gasteiger partial charge in [0.1, 0.15) is 5.75 Å². The van der Waals surface area contributed by atoms with Crippen molar-refractivity contribution in [1.82, 2.24) is 0 Å². The summed E-state index contributed by atoms with van der Waals surface area (Å²) in [5.41, 5.74) is 0. The van der Waals surface area contributed by atoms with Gasteiger partial charge in [0, 0.05) is 5.39 Å². The highest BCUT2D eigenvalue weighted by molar-refractivity contribution is 6.09. The maximum absolute atomic E-state index is 9.73. The van der Waals surface area contributed by atoms with Crippen LogP contribution < -0.4 is 0 Å². The minimum atomic E-state index is 0.346. The van der Waals surface area contributed by atoms with E-state index in [1.54, 1.807) is 6.07 Å². The van der Waals surface area contributed by atoms with Crippen LogP contribution in [0.15, 0.2) is 54.6 Å². The monoisotopic (exact) mass is 194 g/mol. The van der Waals surface area contributed by atoms with Crippen LogP contribution in [0.4, 0.5) is 0 Å². The Morgan fingerprint density at radius 1 is 0.600 bits per heavy atom. The van der Waals surface area contributed by atoms with Crippen LogP contribution in [-0.4, -0.2) is 5.11 Å². The molecule has 0 saturated heterocycles. The Kier molecular flexibility index (Phi) is 1.65. The molecule has 0 spiro atoms. The average molecular weight is 194 g/mol. The van der Waals surface area contributed by atoms with Gasteiger partial charge in [-0.3, -0.25) is 0 Å². The molecular weight excluding hydrogens is 184 g/mol. The Morgan fingerprint density at radius 3 is 2.33 bits per heavy atom. The van der Waals surface area contributed by atoms with E-state index in [1.165, 1.54) is 10.8 Å². The first kappa shape index (κ1) is 8.30. The molecule has 1 nitrogen and oxygen atoms in total. The molecule has 0 heterocycles. The van der Waals surface area contributed by atoms with Crippen LogP contribution in [0.3, 0.4) is 0 Å². The van der Waals surface area contributed by atoms with Gasteiger partial charge in [-0.15, -0.1) is 0 Å². The molecule has 3 aromatic carbocycles. The van der Waals surface area contributed by atoms with E-state index < -0.39 is 0 Å². The molecule has 0 aliphatic carbocycles. The second kappa shape index (κ2) is 2.99. The van der Waals surface area contributed by atoms with Crippen molar-refractivity contribution in [2.24, 2.45) is 0 Å². The quantitative estimate of drug-likeness (QED) is 0.541. The molecule has 0 bridgehead atoms. The standard InChI is InChI=1S/C14H10O/c15-14-7-3-6-12-11-5-2-1-4-10(11)8-9-13(12)14/h1-9,15H. The fraction of sp³-hybridized carbons (Fsp3) is 0. The van der Waals surface area contributed by atoms with Crippen molar-refractivity contribution in [2.45, 2.75) is 0 Å². The van der Waals surface area contributed by atoms with Gasteiger partial charge in [-0.25, -0.2) is 0 Å². The molecule has 0 radical (unpaired) electrons. The van der Waals surface area contributed by atoms with Crippen molar-refractivity contribution >= 4 is 21.5 Å². The fourth-order valence-electron chi connectivity index (χ4n) is 2.02. The Balaban J connectivity index is 2.60. The summed E-state index contributed by atoms with van der Waals surface area (Å²) in [6.45, 7) is 0. The van der Waals surface area contributed by atoms with Crippen molar-refractivity contribution < 1.29 is 5.11 Å². The van der Waals surface area contributed by atoms with Gasteiger partial charge in [0.2, 0.25) is 0 Å². The summed E-state index contributed by atoms with van der Waals surface area (Å²) >= 11 is 0. The highest BCUT2D eigenvalue weighted by Crippen LogP contribution is 2.30. The van der Waals surface area contributed by atoms with E-state index in [0.717, 1.165) is 10.8 Å². The van der Waals surface area contributed by atoms with Crippen LogP contribution >= 0.6 is 0 Å². The van der Waals surface area contributed by atoms with Crippen LogP contribution in [0.1, 0.15) is 0 Å². The normalized spacial score (nSPS) is 10.9. The fourth-order valence-corrected chi connectivity index (χ4v) is 2.02. The van der Waals surface area contributed by atoms with Gasteiger partial charge in [-0.2, -0.15) is 0 Å².